The molecule has 30 heavy (non-hydrogen) atoms. The van der Waals surface area contributed by atoms with Gasteiger partial charge in [-0.15, -0.1) is 0 Å². The summed E-state index contributed by atoms with van der Waals surface area (Å²) < 4.78 is 0. The largest absolute Gasteiger partial charge is 0.399 e. The molecule has 0 aliphatic heterocycles. The lowest BCUT2D eigenvalue weighted by atomic mass is 9.73. The van der Waals surface area contributed by atoms with Crippen LogP contribution in [0.1, 0.15) is 54.1 Å². The van der Waals surface area contributed by atoms with E-state index in [1.807, 2.05) is 24.3 Å². The Morgan fingerprint density at radius 1 is 0.933 bits per heavy atom. The summed E-state index contributed by atoms with van der Waals surface area (Å²) in [5.41, 5.74) is 11.0. The van der Waals surface area contributed by atoms with Crippen molar-refractivity contribution in [2.24, 2.45) is 5.92 Å². The number of anilines is 1. The Bertz CT molecular complexity index is 1360. The summed E-state index contributed by atoms with van der Waals surface area (Å²) in [5, 5.41) is 5.11. The molecule has 0 bridgehead atoms. The van der Waals surface area contributed by atoms with Crippen molar-refractivity contribution >= 4 is 23.1 Å². The van der Waals surface area contributed by atoms with Gasteiger partial charge < -0.3 is 5.73 Å². The average molecular weight is 394 g/mol. The molecule has 3 aromatic rings. The molecule has 0 saturated heterocycles. The van der Waals surface area contributed by atoms with Crippen LogP contribution < -0.4 is 16.2 Å². The molecule has 150 valence electrons. The molecule has 0 fully saturated rings. The Balaban J connectivity index is 1.83. The van der Waals surface area contributed by atoms with E-state index < -0.39 is 0 Å². The molecule has 0 spiro atoms. The monoisotopic (exact) mass is 393 g/mol. The normalized spacial score (nSPS) is 17.0. The van der Waals surface area contributed by atoms with Gasteiger partial charge >= 0.3 is 0 Å². The molecule has 1 atom stereocenters. The van der Waals surface area contributed by atoms with Gasteiger partial charge in [0, 0.05) is 16.8 Å². The van der Waals surface area contributed by atoms with E-state index in [4.69, 9.17) is 5.73 Å². The molecule has 0 radical (unpaired) electrons. The van der Waals surface area contributed by atoms with E-state index in [9.17, 15) is 4.79 Å². The smallest absolute Gasteiger partial charge is 0.189 e. The first kappa shape index (κ1) is 18.9. The third kappa shape index (κ3) is 2.99. The van der Waals surface area contributed by atoms with E-state index in [2.05, 4.69) is 56.3 Å². The summed E-state index contributed by atoms with van der Waals surface area (Å²) in [6.07, 6.45) is 5.13. The number of hydrogen-bond donors (Lipinski definition) is 1. The summed E-state index contributed by atoms with van der Waals surface area (Å²) in [4.78, 5) is 13.4. The molecule has 0 amide bonds. The highest BCUT2D eigenvalue weighted by atomic mass is 16.1. The van der Waals surface area contributed by atoms with Crippen molar-refractivity contribution in [2.75, 3.05) is 5.73 Å². The van der Waals surface area contributed by atoms with Gasteiger partial charge in [-0.2, -0.15) is 0 Å². The van der Waals surface area contributed by atoms with Crippen molar-refractivity contribution in [1.82, 2.24) is 0 Å². The molecule has 0 aromatic heterocycles. The second kappa shape index (κ2) is 7.28. The average Bonchev–Trinajstić information content (AvgIpc) is 2.77. The first-order chi connectivity index (χ1) is 14.5. The Morgan fingerprint density at radius 3 is 2.43 bits per heavy atom. The van der Waals surface area contributed by atoms with Crippen LogP contribution in [0.25, 0.3) is 11.6 Å². The van der Waals surface area contributed by atoms with Gasteiger partial charge in [-0.1, -0.05) is 56.3 Å². The standard InChI is InChI=1S/C28H27NO/c1-17(2)21-13-16-26(28(30)19-7-10-20(29)11-8-19)25-15-14-23-22-6-4-3-5-18(22)9-12-24(23)27(21)25/h3-11,14-15,17,21H,12-13,16,29H2,1-2H3. The number of hydrogen-bond acceptors (Lipinski definition) is 2. The first-order valence-corrected chi connectivity index (χ1v) is 10.9. The number of carbonyl (C=O) groups is 1. The van der Waals surface area contributed by atoms with Gasteiger partial charge in [0.2, 0.25) is 0 Å². The Hall–Kier alpha value is -3.13. The maximum absolute atomic E-state index is 13.4. The third-order valence-corrected chi connectivity index (χ3v) is 6.79. The molecule has 5 rings (SSSR count). The quantitative estimate of drug-likeness (QED) is 0.527. The van der Waals surface area contributed by atoms with Crippen LogP contribution in [-0.2, 0) is 6.42 Å². The molecule has 1 unspecified atom stereocenters. The van der Waals surface area contributed by atoms with Crippen LogP contribution in [0.15, 0.2) is 60.7 Å². The van der Waals surface area contributed by atoms with E-state index in [1.165, 1.54) is 26.8 Å². The molecule has 2 aliphatic carbocycles. The van der Waals surface area contributed by atoms with E-state index in [-0.39, 0.29) is 5.78 Å². The number of carbonyl (C=O) groups excluding carboxylic acids is 1. The number of nitrogens with two attached hydrogens (primary N) is 1. The van der Waals surface area contributed by atoms with E-state index >= 15 is 0 Å². The first-order valence-electron chi connectivity index (χ1n) is 10.9. The molecular formula is C28H27NO. The summed E-state index contributed by atoms with van der Waals surface area (Å²) in [6.45, 7) is 4.61. The summed E-state index contributed by atoms with van der Waals surface area (Å²) in [7, 11) is 0. The molecule has 2 heteroatoms. The lowest BCUT2D eigenvalue weighted by molar-refractivity contribution is 0.105. The Morgan fingerprint density at radius 2 is 1.67 bits per heavy atom. The molecular weight excluding hydrogens is 366 g/mol. The number of benzene rings is 3. The molecule has 2 nitrogen and oxygen atoms in total. The second-order valence-corrected chi connectivity index (χ2v) is 8.87. The van der Waals surface area contributed by atoms with Gasteiger partial charge in [0.05, 0.1) is 0 Å². The summed E-state index contributed by atoms with van der Waals surface area (Å²) in [5.74, 6) is 1.16. The van der Waals surface area contributed by atoms with Crippen molar-refractivity contribution in [3.8, 4) is 0 Å². The minimum atomic E-state index is 0.138. The van der Waals surface area contributed by atoms with Crippen LogP contribution in [0.5, 0.6) is 0 Å². The molecule has 2 N–H and O–H groups in total. The molecule has 3 aromatic carbocycles. The van der Waals surface area contributed by atoms with Crippen LogP contribution in [0.4, 0.5) is 5.69 Å². The third-order valence-electron chi connectivity index (χ3n) is 6.79. The predicted molar refractivity (Wildman–Crippen MR) is 123 cm³/mol. The zero-order chi connectivity index (χ0) is 20.8. The number of rotatable bonds is 3. The second-order valence-electron chi connectivity index (χ2n) is 8.87. The number of nitrogen functional groups attached to an aromatic ring is 1. The SMILES string of the molecule is CC(C)C1CCC(C(=O)c2ccc(N)cc2)=c2ccc3c(c21)CC=c1ccccc1=3. The number of Topliss-reactive ketones (excluding diaryl/α,β-unsaturated/α-hetero) is 1. The minimum Gasteiger partial charge on any atom is -0.399 e. The van der Waals surface area contributed by atoms with Crippen LogP contribution in [0.2, 0.25) is 0 Å². The lowest BCUT2D eigenvalue weighted by Gasteiger charge is -2.30. The van der Waals surface area contributed by atoms with Gasteiger partial charge in [0.15, 0.2) is 5.78 Å². The van der Waals surface area contributed by atoms with Crippen LogP contribution >= 0.6 is 0 Å². The zero-order valence-electron chi connectivity index (χ0n) is 17.6. The minimum absolute atomic E-state index is 0.138. The highest BCUT2D eigenvalue weighted by Gasteiger charge is 2.28. The molecule has 2 aliphatic rings. The van der Waals surface area contributed by atoms with Crippen LogP contribution in [0, 0.1) is 16.4 Å². The van der Waals surface area contributed by atoms with E-state index in [1.54, 1.807) is 0 Å². The fourth-order valence-corrected chi connectivity index (χ4v) is 5.25. The predicted octanol–water partition coefficient (Wildman–Crippen LogP) is 4.46. The number of ketones is 1. The van der Waals surface area contributed by atoms with Gasteiger partial charge in [-0.25, -0.2) is 0 Å². The maximum atomic E-state index is 13.4. The number of fused-ring (bicyclic) bond motifs is 4. The van der Waals surface area contributed by atoms with Gasteiger partial charge in [-0.3, -0.25) is 4.79 Å². The van der Waals surface area contributed by atoms with Crippen molar-refractivity contribution in [3.05, 3.63) is 98.2 Å². The van der Waals surface area contributed by atoms with E-state index in [0.29, 0.717) is 17.5 Å². The fourth-order valence-electron chi connectivity index (χ4n) is 5.25. The zero-order valence-corrected chi connectivity index (χ0v) is 17.6. The van der Waals surface area contributed by atoms with Crippen molar-refractivity contribution in [1.29, 1.82) is 0 Å². The van der Waals surface area contributed by atoms with Crippen molar-refractivity contribution in [3.63, 3.8) is 0 Å². The summed E-state index contributed by atoms with van der Waals surface area (Å²) in [6, 6.07) is 20.4. The molecule has 0 saturated carbocycles. The highest BCUT2D eigenvalue weighted by Crippen LogP contribution is 2.36. The molecule has 0 heterocycles. The Kier molecular flexibility index (Phi) is 4.58. The topological polar surface area (TPSA) is 43.1 Å². The fraction of sp³-hybridized carbons (Fsp3) is 0.250. The van der Waals surface area contributed by atoms with Gasteiger partial charge in [0.25, 0.3) is 0 Å². The van der Waals surface area contributed by atoms with Gasteiger partial charge in [-0.05, 0) is 87.4 Å². The maximum Gasteiger partial charge on any atom is 0.189 e. The van der Waals surface area contributed by atoms with Crippen LogP contribution in [-0.4, -0.2) is 5.78 Å². The van der Waals surface area contributed by atoms with E-state index in [0.717, 1.165) is 35.6 Å². The Labute approximate surface area is 177 Å². The van der Waals surface area contributed by atoms with Crippen molar-refractivity contribution in [2.45, 2.75) is 39.0 Å². The summed E-state index contributed by atoms with van der Waals surface area (Å²) >= 11 is 0. The van der Waals surface area contributed by atoms with Gasteiger partial charge in [0.1, 0.15) is 0 Å². The highest BCUT2D eigenvalue weighted by molar-refractivity contribution is 6.24. The lowest BCUT2D eigenvalue weighted by Crippen LogP contribution is -2.30. The van der Waals surface area contributed by atoms with Crippen LogP contribution in [0.3, 0.4) is 0 Å². The van der Waals surface area contributed by atoms with Crippen molar-refractivity contribution < 1.29 is 4.79 Å².